The third kappa shape index (κ3) is 2.63. The first kappa shape index (κ1) is 12.2. The van der Waals surface area contributed by atoms with Gasteiger partial charge in [-0.25, -0.2) is 4.98 Å². The van der Waals surface area contributed by atoms with E-state index in [0.717, 1.165) is 5.03 Å². The number of hydrogen-bond acceptors (Lipinski definition) is 3. The quantitative estimate of drug-likeness (QED) is 0.665. The summed E-state index contributed by atoms with van der Waals surface area (Å²) in [5.41, 5.74) is 8.94. The molecule has 0 radical (unpaired) electrons. The summed E-state index contributed by atoms with van der Waals surface area (Å²) in [6.45, 7) is 0. The van der Waals surface area contributed by atoms with Gasteiger partial charge in [-0.1, -0.05) is 23.9 Å². The fourth-order valence-corrected chi connectivity index (χ4v) is 3.22. The first-order valence-corrected chi connectivity index (χ1v) is 7.15. The van der Waals surface area contributed by atoms with Crippen LogP contribution < -0.4 is 5.73 Å². The van der Waals surface area contributed by atoms with Crippen molar-refractivity contribution in [2.24, 2.45) is 5.73 Å². The third-order valence-electron chi connectivity index (χ3n) is 3.29. The predicted octanol–water partition coefficient (Wildman–Crippen LogP) is 3.01. The SMILES string of the molecule is N=C(N)c1cccc(Sc2ccc3c(c2)CCC3)n1. The fraction of sp³-hybridized carbons (Fsp3) is 0.200. The molecule has 1 aromatic heterocycles. The zero-order chi connectivity index (χ0) is 13.2. The minimum atomic E-state index is 0.0106. The number of pyridine rings is 1. The number of fused-ring (bicyclic) bond motifs is 1. The maximum absolute atomic E-state index is 7.42. The molecule has 19 heavy (non-hydrogen) atoms. The molecule has 0 bridgehead atoms. The fourth-order valence-electron chi connectivity index (χ4n) is 2.35. The first-order chi connectivity index (χ1) is 9.22. The molecule has 0 spiro atoms. The second-order valence-corrected chi connectivity index (χ2v) is 5.75. The first-order valence-electron chi connectivity index (χ1n) is 6.33. The Bertz CT molecular complexity index is 637. The molecule has 3 N–H and O–H groups in total. The molecule has 0 fully saturated rings. The lowest BCUT2D eigenvalue weighted by Crippen LogP contribution is -2.12. The largest absolute Gasteiger partial charge is 0.382 e. The maximum Gasteiger partial charge on any atom is 0.141 e. The summed E-state index contributed by atoms with van der Waals surface area (Å²) in [5.74, 6) is 0.0106. The van der Waals surface area contributed by atoms with Crippen molar-refractivity contribution in [3.05, 3.63) is 53.2 Å². The monoisotopic (exact) mass is 269 g/mol. The lowest BCUT2D eigenvalue weighted by molar-refractivity contribution is 0.911. The number of aromatic nitrogens is 1. The van der Waals surface area contributed by atoms with E-state index in [-0.39, 0.29) is 5.84 Å². The Morgan fingerprint density at radius 2 is 2.00 bits per heavy atom. The summed E-state index contributed by atoms with van der Waals surface area (Å²) in [4.78, 5) is 5.58. The highest BCUT2D eigenvalue weighted by atomic mass is 32.2. The second kappa shape index (κ2) is 5.05. The van der Waals surface area contributed by atoms with Gasteiger partial charge in [0.2, 0.25) is 0 Å². The van der Waals surface area contributed by atoms with Crippen LogP contribution in [0.25, 0.3) is 0 Å². The molecular formula is C15H15N3S. The number of hydrogen-bond donors (Lipinski definition) is 2. The Kier molecular flexibility index (Phi) is 3.25. The number of amidine groups is 1. The number of nitrogens with one attached hydrogen (secondary N) is 1. The van der Waals surface area contributed by atoms with Crippen LogP contribution in [-0.4, -0.2) is 10.8 Å². The molecule has 2 aromatic rings. The molecule has 0 saturated heterocycles. The number of benzene rings is 1. The number of nitrogens with two attached hydrogens (primary N) is 1. The number of nitrogen functional groups attached to an aromatic ring is 1. The minimum Gasteiger partial charge on any atom is -0.382 e. The second-order valence-electron chi connectivity index (χ2n) is 4.66. The molecular weight excluding hydrogens is 254 g/mol. The van der Waals surface area contributed by atoms with Crippen LogP contribution in [0.4, 0.5) is 0 Å². The van der Waals surface area contributed by atoms with Gasteiger partial charge in [0.15, 0.2) is 0 Å². The lowest BCUT2D eigenvalue weighted by Gasteiger charge is -2.05. The average Bonchev–Trinajstić information content (AvgIpc) is 2.86. The van der Waals surface area contributed by atoms with Crippen molar-refractivity contribution in [1.29, 1.82) is 5.41 Å². The normalized spacial score (nSPS) is 13.3. The van der Waals surface area contributed by atoms with Gasteiger partial charge in [0, 0.05) is 4.90 Å². The molecule has 0 amide bonds. The van der Waals surface area contributed by atoms with Crippen molar-refractivity contribution in [1.82, 2.24) is 4.98 Å². The van der Waals surface area contributed by atoms with E-state index in [4.69, 9.17) is 11.1 Å². The molecule has 3 nitrogen and oxygen atoms in total. The van der Waals surface area contributed by atoms with Crippen LogP contribution >= 0.6 is 11.8 Å². The van der Waals surface area contributed by atoms with E-state index in [1.165, 1.54) is 35.3 Å². The summed E-state index contributed by atoms with van der Waals surface area (Å²) in [5, 5.41) is 8.30. The molecule has 0 atom stereocenters. The van der Waals surface area contributed by atoms with Crippen LogP contribution in [-0.2, 0) is 12.8 Å². The van der Waals surface area contributed by atoms with E-state index in [2.05, 4.69) is 23.2 Å². The van der Waals surface area contributed by atoms with Gasteiger partial charge in [-0.15, -0.1) is 0 Å². The van der Waals surface area contributed by atoms with E-state index in [0.29, 0.717) is 5.69 Å². The van der Waals surface area contributed by atoms with Crippen LogP contribution in [0.15, 0.2) is 46.3 Å². The van der Waals surface area contributed by atoms with Crippen molar-refractivity contribution >= 4 is 17.6 Å². The van der Waals surface area contributed by atoms with Gasteiger partial charge in [0.25, 0.3) is 0 Å². The summed E-state index contributed by atoms with van der Waals surface area (Å²) in [6, 6.07) is 12.2. The predicted molar refractivity (Wildman–Crippen MR) is 77.8 cm³/mol. The number of rotatable bonds is 3. The van der Waals surface area contributed by atoms with Crippen LogP contribution in [0.5, 0.6) is 0 Å². The molecule has 1 aromatic carbocycles. The van der Waals surface area contributed by atoms with E-state index in [1.807, 2.05) is 12.1 Å². The molecule has 96 valence electrons. The molecule has 1 aliphatic carbocycles. The van der Waals surface area contributed by atoms with Gasteiger partial charge in [0.1, 0.15) is 16.6 Å². The summed E-state index contributed by atoms with van der Waals surface area (Å²) in [7, 11) is 0. The van der Waals surface area contributed by atoms with Crippen LogP contribution in [0, 0.1) is 5.41 Å². The van der Waals surface area contributed by atoms with Crippen molar-refractivity contribution in [2.75, 3.05) is 0 Å². The van der Waals surface area contributed by atoms with Gasteiger partial charge < -0.3 is 5.73 Å². The smallest absolute Gasteiger partial charge is 0.141 e. The Morgan fingerprint density at radius 1 is 1.16 bits per heavy atom. The summed E-state index contributed by atoms with van der Waals surface area (Å²) >= 11 is 1.62. The minimum absolute atomic E-state index is 0.0106. The Morgan fingerprint density at radius 3 is 2.84 bits per heavy atom. The highest BCUT2D eigenvalue weighted by Crippen LogP contribution is 2.31. The molecule has 0 unspecified atom stereocenters. The van der Waals surface area contributed by atoms with Crippen molar-refractivity contribution in [3.8, 4) is 0 Å². The van der Waals surface area contributed by atoms with Crippen molar-refractivity contribution in [3.63, 3.8) is 0 Å². The summed E-state index contributed by atoms with van der Waals surface area (Å²) < 4.78 is 0. The standard InChI is InChI=1S/C15H15N3S/c16-15(17)13-5-2-6-14(18-13)19-12-8-7-10-3-1-4-11(10)9-12/h2,5-9H,1,3-4H2,(H3,16,17). The van der Waals surface area contributed by atoms with E-state index < -0.39 is 0 Å². The highest BCUT2D eigenvalue weighted by molar-refractivity contribution is 7.99. The third-order valence-corrected chi connectivity index (χ3v) is 4.22. The van der Waals surface area contributed by atoms with Gasteiger partial charge >= 0.3 is 0 Å². The van der Waals surface area contributed by atoms with Gasteiger partial charge in [0.05, 0.1) is 0 Å². The maximum atomic E-state index is 7.42. The van der Waals surface area contributed by atoms with E-state index in [1.54, 1.807) is 17.8 Å². The van der Waals surface area contributed by atoms with Crippen molar-refractivity contribution < 1.29 is 0 Å². The van der Waals surface area contributed by atoms with Crippen LogP contribution in [0.3, 0.4) is 0 Å². The van der Waals surface area contributed by atoms with Crippen LogP contribution in [0.2, 0.25) is 0 Å². The zero-order valence-corrected chi connectivity index (χ0v) is 11.3. The Labute approximate surface area is 116 Å². The highest BCUT2D eigenvalue weighted by Gasteiger charge is 2.11. The molecule has 3 rings (SSSR count). The average molecular weight is 269 g/mol. The molecule has 4 heteroatoms. The van der Waals surface area contributed by atoms with Gasteiger partial charge in [-0.2, -0.15) is 0 Å². The number of nitrogens with zero attached hydrogens (tertiary/aromatic N) is 1. The molecule has 1 heterocycles. The topological polar surface area (TPSA) is 62.8 Å². The lowest BCUT2D eigenvalue weighted by atomic mass is 10.1. The van der Waals surface area contributed by atoms with Gasteiger partial charge in [-0.3, -0.25) is 5.41 Å². The Hall–Kier alpha value is -1.81. The molecule has 0 aliphatic heterocycles. The van der Waals surface area contributed by atoms with Gasteiger partial charge in [-0.05, 0) is 54.7 Å². The molecule has 0 saturated carbocycles. The number of aryl methyl sites for hydroxylation is 2. The van der Waals surface area contributed by atoms with Crippen LogP contribution in [0.1, 0.15) is 23.2 Å². The van der Waals surface area contributed by atoms with E-state index >= 15 is 0 Å². The van der Waals surface area contributed by atoms with E-state index in [9.17, 15) is 0 Å². The Balaban J connectivity index is 1.85. The zero-order valence-electron chi connectivity index (χ0n) is 10.5. The van der Waals surface area contributed by atoms with Crippen molar-refractivity contribution in [2.45, 2.75) is 29.2 Å². The molecule has 1 aliphatic rings. The summed E-state index contributed by atoms with van der Waals surface area (Å²) in [6.07, 6.45) is 3.66.